The lowest BCUT2D eigenvalue weighted by atomic mass is 10.1. The number of benzene rings is 2. The average Bonchev–Trinajstić information content (AvgIpc) is 3.18. The Morgan fingerprint density at radius 2 is 1.60 bits per heavy atom. The first-order valence-corrected chi connectivity index (χ1v) is 11.5. The highest BCUT2D eigenvalue weighted by Gasteiger charge is 2.17. The highest BCUT2D eigenvalue weighted by Crippen LogP contribution is 2.20. The second kappa shape index (κ2) is 10.1. The Balaban J connectivity index is 1.28. The summed E-state index contributed by atoms with van der Waals surface area (Å²) in [5.41, 5.74) is 4.96. The van der Waals surface area contributed by atoms with Crippen molar-refractivity contribution in [2.24, 2.45) is 0 Å². The molecular formula is C25H31ClN4. The summed E-state index contributed by atoms with van der Waals surface area (Å²) in [6, 6.07) is 21.0. The summed E-state index contributed by atoms with van der Waals surface area (Å²) in [6.45, 7) is 7.74. The van der Waals surface area contributed by atoms with Gasteiger partial charge in [-0.1, -0.05) is 43.1 Å². The number of aromatic nitrogens is 2. The molecule has 1 saturated heterocycles. The zero-order valence-electron chi connectivity index (χ0n) is 17.8. The SMILES string of the molecule is CCCc1cc(CCCN2CCN(c3ccc(Cl)cc3)CC2)nn1-c1ccccc1. The topological polar surface area (TPSA) is 24.3 Å². The van der Waals surface area contributed by atoms with E-state index in [1.807, 2.05) is 12.1 Å². The summed E-state index contributed by atoms with van der Waals surface area (Å²) >= 11 is 6.01. The molecule has 0 N–H and O–H groups in total. The smallest absolute Gasteiger partial charge is 0.0648 e. The van der Waals surface area contributed by atoms with Crippen LogP contribution in [0.2, 0.25) is 5.02 Å². The fourth-order valence-electron chi connectivity index (χ4n) is 4.19. The normalized spacial score (nSPS) is 14.9. The molecule has 0 unspecified atom stereocenters. The molecule has 158 valence electrons. The Labute approximate surface area is 185 Å². The molecule has 4 rings (SSSR count). The Bertz CT molecular complexity index is 912. The summed E-state index contributed by atoms with van der Waals surface area (Å²) in [4.78, 5) is 5.03. The van der Waals surface area contributed by atoms with Crippen molar-refractivity contribution < 1.29 is 0 Å². The van der Waals surface area contributed by atoms with Crippen LogP contribution in [0.1, 0.15) is 31.2 Å². The van der Waals surface area contributed by atoms with Gasteiger partial charge < -0.3 is 4.90 Å². The minimum atomic E-state index is 0.800. The number of halogens is 1. The van der Waals surface area contributed by atoms with E-state index in [1.54, 1.807) is 0 Å². The van der Waals surface area contributed by atoms with Crippen molar-refractivity contribution in [1.29, 1.82) is 0 Å². The monoisotopic (exact) mass is 422 g/mol. The van der Waals surface area contributed by atoms with Crippen LogP contribution < -0.4 is 4.90 Å². The molecule has 0 bridgehead atoms. The number of hydrogen-bond donors (Lipinski definition) is 0. The van der Waals surface area contributed by atoms with Crippen molar-refractivity contribution in [3.63, 3.8) is 0 Å². The molecule has 4 nitrogen and oxygen atoms in total. The van der Waals surface area contributed by atoms with Crippen molar-refractivity contribution in [1.82, 2.24) is 14.7 Å². The first kappa shape index (κ1) is 21.0. The van der Waals surface area contributed by atoms with Crippen LogP contribution in [-0.2, 0) is 12.8 Å². The Morgan fingerprint density at radius 1 is 0.867 bits per heavy atom. The van der Waals surface area contributed by atoms with Crippen LogP contribution >= 0.6 is 11.6 Å². The number of piperazine rings is 1. The number of anilines is 1. The van der Waals surface area contributed by atoms with Gasteiger partial charge in [0.1, 0.15) is 0 Å². The molecule has 1 aliphatic rings. The second-order valence-corrected chi connectivity index (χ2v) is 8.47. The van der Waals surface area contributed by atoms with Crippen molar-refractivity contribution in [2.45, 2.75) is 32.6 Å². The number of para-hydroxylation sites is 1. The van der Waals surface area contributed by atoms with Crippen LogP contribution in [0.5, 0.6) is 0 Å². The van der Waals surface area contributed by atoms with Gasteiger partial charge in [0.05, 0.1) is 11.4 Å². The molecule has 0 spiro atoms. The van der Waals surface area contributed by atoms with Crippen molar-refractivity contribution in [2.75, 3.05) is 37.6 Å². The second-order valence-electron chi connectivity index (χ2n) is 8.03. The van der Waals surface area contributed by atoms with E-state index in [9.17, 15) is 0 Å². The van der Waals surface area contributed by atoms with E-state index >= 15 is 0 Å². The van der Waals surface area contributed by atoms with E-state index in [1.165, 1.54) is 17.1 Å². The molecule has 1 fully saturated rings. The van der Waals surface area contributed by atoms with E-state index in [4.69, 9.17) is 16.7 Å². The molecule has 0 saturated carbocycles. The van der Waals surface area contributed by atoms with E-state index in [0.29, 0.717) is 0 Å². The molecule has 0 radical (unpaired) electrons. The number of rotatable bonds is 8. The summed E-state index contributed by atoms with van der Waals surface area (Å²) in [5, 5.41) is 5.72. The maximum absolute atomic E-state index is 6.01. The molecule has 1 aromatic heterocycles. The Kier molecular flexibility index (Phi) is 7.08. The first-order valence-electron chi connectivity index (χ1n) is 11.1. The van der Waals surface area contributed by atoms with Crippen molar-refractivity contribution >= 4 is 17.3 Å². The molecule has 0 amide bonds. The fraction of sp³-hybridized carbons (Fsp3) is 0.400. The van der Waals surface area contributed by atoms with E-state index in [0.717, 1.165) is 69.1 Å². The molecule has 30 heavy (non-hydrogen) atoms. The van der Waals surface area contributed by atoms with Crippen molar-refractivity contribution in [3.05, 3.63) is 77.1 Å². The summed E-state index contributed by atoms with van der Waals surface area (Å²) in [5.74, 6) is 0. The molecule has 5 heteroatoms. The van der Waals surface area contributed by atoms with Gasteiger partial charge in [-0.05, 0) is 68.3 Å². The van der Waals surface area contributed by atoms with Gasteiger partial charge >= 0.3 is 0 Å². The van der Waals surface area contributed by atoms with E-state index in [2.05, 4.69) is 69.9 Å². The highest BCUT2D eigenvalue weighted by atomic mass is 35.5. The number of aryl methyl sites for hydroxylation is 2. The van der Waals surface area contributed by atoms with Gasteiger partial charge in [-0.15, -0.1) is 0 Å². The standard InChI is InChI=1S/C25H31ClN4/c1-2-7-25-20-22(27-30(25)24-9-4-3-5-10-24)8-6-15-28-16-18-29(19-17-28)23-13-11-21(26)12-14-23/h3-5,9-14,20H,2,6-8,15-19H2,1H3. The third kappa shape index (κ3) is 5.24. The van der Waals surface area contributed by atoms with Gasteiger partial charge in [0, 0.05) is 42.6 Å². The van der Waals surface area contributed by atoms with Crippen LogP contribution in [0.4, 0.5) is 5.69 Å². The zero-order valence-corrected chi connectivity index (χ0v) is 18.6. The lowest BCUT2D eigenvalue weighted by Gasteiger charge is -2.36. The molecule has 0 atom stereocenters. The molecule has 2 aromatic carbocycles. The van der Waals surface area contributed by atoms with E-state index in [-0.39, 0.29) is 0 Å². The van der Waals surface area contributed by atoms with Gasteiger partial charge in [0.25, 0.3) is 0 Å². The molecular weight excluding hydrogens is 392 g/mol. The Morgan fingerprint density at radius 3 is 2.30 bits per heavy atom. The van der Waals surface area contributed by atoms with E-state index < -0.39 is 0 Å². The van der Waals surface area contributed by atoms with Crippen LogP contribution in [0.15, 0.2) is 60.7 Å². The van der Waals surface area contributed by atoms with Crippen LogP contribution in [0.25, 0.3) is 5.69 Å². The van der Waals surface area contributed by atoms with Crippen LogP contribution in [0.3, 0.4) is 0 Å². The summed E-state index contributed by atoms with van der Waals surface area (Å²) in [6.07, 6.45) is 4.39. The third-order valence-electron chi connectivity index (χ3n) is 5.81. The fourth-order valence-corrected chi connectivity index (χ4v) is 4.32. The average molecular weight is 423 g/mol. The molecule has 3 aromatic rings. The molecule has 2 heterocycles. The predicted octanol–water partition coefficient (Wildman–Crippen LogP) is 5.23. The van der Waals surface area contributed by atoms with Crippen molar-refractivity contribution in [3.8, 4) is 5.69 Å². The van der Waals surface area contributed by atoms with Crippen LogP contribution in [-0.4, -0.2) is 47.4 Å². The summed E-state index contributed by atoms with van der Waals surface area (Å²) in [7, 11) is 0. The van der Waals surface area contributed by atoms with Gasteiger partial charge in [0.2, 0.25) is 0 Å². The van der Waals surface area contributed by atoms with Crippen LogP contribution in [0, 0.1) is 0 Å². The maximum atomic E-state index is 6.01. The minimum Gasteiger partial charge on any atom is -0.369 e. The first-order chi connectivity index (χ1) is 14.7. The highest BCUT2D eigenvalue weighted by molar-refractivity contribution is 6.30. The molecule has 0 aliphatic carbocycles. The largest absolute Gasteiger partial charge is 0.369 e. The number of hydrogen-bond acceptors (Lipinski definition) is 3. The number of nitrogens with zero attached hydrogens (tertiary/aromatic N) is 4. The van der Waals surface area contributed by atoms with Gasteiger partial charge in [0.15, 0.2) is 0 Å². The van der Waals surface area contributed by atoms with Gasteiger partial charge in [-0.25, -0.2) is 4.68 Å². The minimum absolute atomic E-state index is 0.800. The lowest BCUT2D eigenvalue weighted by Crippen LogP contribution is -2.46. The molecule has 1 aliphatic heterocycles. The Hall–Kier alpha value is -2.30. The predicted molar refractivity (Wildman–Crippen MR) is 126 cm³/mol. The summed E-state index contributed by atoms with van der Waals surface area (Å²) < 4.78 is 2.13. The van der Waals surface area contributed by atoms with Gasteiger partial charge in [-0.3, -0.25) is 4.90 Å². The lowest BCUT2D eigenvalue weighted by molar-refractivity contribution is 0.255. The third-order valence-corrected chi connectivity index (χ3v) is 6.06. The quantitative estimate of drug-likeness (QED) is 0.496. The van der Waals surface area contributed by atoms with Gasteiger partial charge in [-0.2, -0.15) is 5.10 Å². The zero-order chi connectivity index (χ0) is 20.8. The maximum Gasteiger partial charge on any atom is 0.0648 e.